The van der Waals surface area contributed by atoms with Crippen molar-refractivity contribution in [3.8, 4) is 5.75 Å². The number of rotatable bonds is 4. The highest BCUT2D eigenvalue weighted by Gasteiger charge is 2.41. The van der Waals surface area contributed by atoms with Crippen molar-refractivity contribution < 1.29 is 24.2 Å². The van der Waals surface area contributed by atoms with Crippen LogP contribution in [-0.4, -0.2) is 35.0 Å². The highest BCUT2D eigenvalue weighted by Crippen LogP contribution is 2.38. The van der Waals surface area contributed by atoms with Crippen LogP contribution in [0.3, 0.4) is 0 Å². The molecule has 0 radical (unpaired) electrons. The monoisotopic (exact) mass is 432 g/mol. The molecule has 0 spiro atoms. The third-order valence-electron chi connectivity index (χ3n) is 4.07. The molecular weight excluding hydrogens is 416 g/mol. The molecule has 27 heavy (non-hydrogen) atoms. The lowest BCUT2D eigenvalue weighted by atomic mass is 10.0. The Morgan fingerprint density at radius 2 is 1.93 bits per heavy atom. The minimum absolute atomic E-state index is 0.0384. The molecule has 0 aliphatic carbocycles. The first-order chi connectivity index (χ1) is 12.7. The molecule has 1 aliphatic rings. The molecule has 2 N–H and O–H groups in total. The fraction of sp³-hybridized carbons (Fsp3) is 0.211. The highest BCUT2D eigenvalue weighted by atomic mass is 79.9. The van der Waals surface area contributed by atoms with E-state index in [9.17, 15) is 14.4 Å². The Hall–Kier alpha value is -2.87. The van der Waals surface area contributed by atoms with E-state index in [4.69, 9.17) is 9.84 Å². The molecule has 0 atom stereocenters. The predicted molar refractivity (Wildman–Crippen MR) is 103 cm³/mol. The standard InChI is InChI=1S/C19H17BrN2O5/c1-19(2)18(26)22(10-16(23)21-13-6-4-3-5-12(13)20)14-8-7-11(17(24)25)9-15(14)27-19/h3-9H,10H2,1-2H3,(H,21,23)(H,24,25). The van der Waals surface area contributed by atoms with Gasteiger partial charge in [-0.05, 0) is 60.1 Å². The van der Waals surface area contributed by atoms with Gasteiger partial charge >= 0.3 is 5.97 Å². The zero-order chi connectivity index (χ0) is 19.8. The van der Waals surface area contributed by atoms with Crippen LogP contribution in [0.25, 0.3) is 0 Å². The first-order valence-corrected chi connectivity index (χ1v) is 8.91. The van der Waals surface area contributed by atoms with E-state index < -0.39 is 11.6 Å². The van der Waals surface area contributed by atoms with Gasteiger partial charge in [0.1, 0.15) is 12.3 Å². The zero-order valence-electron chi connectivity index (χ0n) is 14.7. The highest BCUT2D eigenvalue weighted by molar-refractivity contribution is 9.10. The molecule has 0 fully saturated rings. The van der Waals surface area contributed by atoms with Gasteiger partial charge in [-0.3, -0.25) is 14.5 Å². The number of amides is 2. The maximum absolute atomic E-state index is 12.8. The molecule has 0 saturated carbocycles. The van der Waals surface area contributed by atoms with E-state index >= 15 is 0 Å². The molecule has 2 amide bonds. The van der Waals surface area contributed by atoms with Crippen molar-refractivity contribution in [3.63, 3.8) is 0 Å². The summed E-state index contributed by atoms with van der Waals surface area (Å²) < 4.78 is 6.40. The topological polar surface area (TPSA) is 95.9 Å². The van der Waals surface area contributed by atoms with Gasteiger partial charge in [0.05, 0.1) is 16.9 Å². The van der Waals surface area contributed by atoms with Crippen molar-refractivity contribution in [3.05, 3.63) is 52.5 Å². The summed E-state index contributed by atoms with van der Waals surface area (Å²) in [4.78, 5) is 37.8. The Morgan fingerprint density at radius 1 is 1.22 bits per heavy atom. The molecule has 0 unspecified atom stereocenters. The van der Waals surface area contributed by atoms with E-state index in [0.29, 0.717) is 11.4 Å². The Bertz CT molecular complexity index is 941. The van der Waals surface area contributed by atoms with Crippen LogP contribution in [0.4, 0.5) is 11.4 Å². The molecule has 7 nitrogen and oxygen atoms in total. The normalized spacial score (nSPS) is 14.9. The second kappa shape index (κ2) is 7.03. The van der Waals surface area contributed by atoms with E-state index in [2.05, 4.69) is 21.2 Å². The maximum Gasteiger partial charge on any atom is 0.335 e. The molecule has 8 heteroatoms. The third kappa shape index (κ3) is 3.80. The zero-order valence-corrected chi connectivity index (χ0v) is 16.2. The summed E-state index contributed by atoms with van der Waals surface area (Å²) in [6.07, 6.45) is 0. The molecule has 0 bridgehead atoms. The second-order valence-electron chi connectivity index (χ2n) is 6.52. The van der Waals surface area contributed by atoms with Gasteiger partial charge in [-0.2, -0.15) is 0 Å². The van der Waals surface area contributed by atoms with Crippen molar-refractivity contribution >= 4 is 45.1 Å². The van der Waals surface area contributed by atoms with Gasteiger partial charge in [0.25, 0.3) is 5.91 Å². The molecule has 2 aromatic rings. The van der Waals surface area contributed by atoms with Crippen molar-refractivity contribution in [2.24, 2.45) is 0 Å². The largest absolute Gasteiger partial charge is 0.478 e. The number of nitrogens with one attached hydrogen (secondary N) is 1. The van der Waals surface area contributed by atoms with Crippen molar-refractivity contribution in [1.29, 1.82) is 0 Å². The van der Waals surface area contributed by atoms with Crippen LogP contribution in [0.5, 0.6) is 5.75 Å². The second-order valence-corrected chi connectivity index (χ2v) is 7.37. The number of hydrogen-bond donors (Lipinski definition) is 2. The van der Waals surface area contributed by atoms with Crippen molar-refractivity contribution in [2.75, 3.05) is 16.8 Å². The van der Waals surface area contributed by atoms with Crippen LogP contribution in [0, 0.1) is 0 Å². The number of para-hydroxylation sites is 1. The summed E-state index contributed by atoms with van der Waals surface area (Å²) in [5, 5.41) is 11.9. The average molecular weight is 433 g/mol. The van der Waals surface area contributed by atoms with E-state index in [1.54, 1.807) is 32.0 Å². The van der Waals surface area contributed by atoms with Crippen LogP contribution in [0.2, 0.25) is 0 Å². The van der Waals surface area contributed by atoms with E-state index in [1.807, 2.05) is 6.07 Å². The average Bonchev–Trinajstić information content (AvgIpc) is 2.60. The number of nitrogens with zero attached hydrogens (tertiary/aromatic N) is 1. The number of carboxylic acid groups (broad SMARTS) is 1. The number of hydrogen-bond acceptors (Lipinski definition) is 4. The number of carbonyl (C=O) groups excluding carboxylic acids is 2. The van der Waals surface area contributed by atoms with Gasteiger partial charge in [-0.1, -0.05) is 12.1 Å². The van der Waals surface area contributed by atoms with Gasteiger partial charge in [0.2, 0.25) is 5.91 Å². The lowest BCUT2D eigenvalue weighted by molar-refractivity contribution is -0.133. The third-order valence-corrected chi connectivity index (χ3v) is 4.76. The van der Waals surface area contributed by atoms with E-state index in [1.165, 1.54) is 23.1 Å². The molecule has 3 rings (SSSR count). The number of carbonyl (C=O) groups is 3. The van der Waals surface area contributed by atoms with Crippen LogP contribution in [-0.2, 0) is 9.59 Å². The quantitative estimate of drug-likeness (QED) is 0.772. The molecule has 2 aromatic carbocycles. The van der Waals surface area contributed by atoms with Crippen LogP contribution in [0.1, 0.15) is 24.2 Å². The summed E-state index contributed by atoms with van der Waals surface area (Å²) in [7, 11) is 0. The summed E-state index contributed by atoms with van der Waals surface area (Å²) in [5.41, 5.74) is -0.246. The molecule has 140 valence electrons. The molecule has 1 heterocycles. The summed E-state index contributed by atoms with van der Waals surface area (Å²) in [6.45, 7) is 2.92. The van der Waals surface area contributed by atoms with Crippen LogP contribution in [0.15, 0.2) is 46.9 Å². The number of aromatic carboxylic acids is 1. The SMILES string of the molecule is CC1(C)Oc2cc(C(=O)O)ccc2N(CC(=O)Nc2ccccc2Br)C1=O. The van der Waals surface area contributed by atoms with Gasteiger partial charge in [0.15, 0.2) is 5.60 Å². The number of benzene rings is 2. The Labute approximate surface area is 164 Å². The number of carboxylic acids is 1. The minimum Gasteiger partial charge on any atom is -0.478 e. The Morgan fingerprint density at radius 3 is 2.59 bits per heavy atom. The van der Waals surface area contributed by atoms with Gasteiger partial charge in [-0.15, -0.1) is 0 Å². The first kappa shape index (κ1) is 18.9. The Balaban J connectivity index is 1.90. The van der Waals surface area contributed by atoms with Crippen LogP contribution >= 0.6 is 15.9 Å². The number of ether oxygens (including phenoxy) is 1. The molecule has 0 aromatic heterocycles. The Kier molecular flexibility index (Phi) is 4.93. The number of halogens is 1. The first-order valence-electron chi connectivity index (χ1n) is 8.12. The van der Waals surface area contributed by atoms with Crippen molar-refractivity contribution in [2.45, 2.75) is 19.4 Å². The van der Waals surface area contributed by atoms with Crippen LogP contribution < -0.4 is 15.0 Å². The fourth-order valence-corrected chi connectivity index (χ4v) is 3.14. The van der Waals surface area contributed by atoms with E-state index in [0.717, 1.165) is 4.47 Å². The molecule has 0 saturated heterocycles. The van der Waals surface area contributed by atoms with Gasteiger partial charge in [0, 0.05) is 4.47 Å². The van der Waals surface area contributed by atoms with E-state index in [-0.39, 0.29) is 29.7 Å². The molecule has 1 aliphatic heterocycles. The molecular formula is C19H17BrN2O5. The summed E-state index contributed by atoms with van der Waals surface area (Å²) in [6, 6.07) is 11.3. The lowest BCUT2D eigenvalue weighted by Gasteiger charge is -2.38. The number of fused-ring (bicyclic) bond motifs is 1. The van der Waals surface area contributed by atoms with Crippen molar-refractivity contribution in [1.82, 2.24) is 0 Å². The smallest absolute Gasteiger partial charge is 0.335 e. The lowest BCUT2D eigenvalue weighted by Crippen LogP contribution is -2.54. The number of anilines is 2. The summed E-state index contributed by atoms with van der Waals surface area (Å²) in [5.74, 6) is -1.64. The van der Waals surface area contributed by atoms with Gasteiger partial charge < -0.3 is 15.2 Å². The maximum atomic E-state index is 12.8. The summed E-state index contributed by atoms with van der Waals surface area (Å²) >= 11 is 3.36. The fourth-order valence-electron chi connectivity index (χ4n) is 2.76. The predicted octanol–water partition coefficient (Wildman–Crippen LogP) is 3.29. The minimum atomic E-state index is -1.22. The van der Waals surface area contributed by atoms with Gasteiger partial charge in [-0.25, -0.2) is 4.79 Å².